The molecule has 0 saturated carbocycles. The topological polar surface area (TPSA) is 88.4 Å². The van der Waals surface area contributed by atoms with E-state index in [2.05, 4.69) is 4.99 Å². The summed E-state index contributed by atoms with van der Waals surface area (Å²) in [6, 6.07) is 21.3. The average molecular weight is 475 g/mol. The maximum atomic E-state index is 12.8. The summed E-state index contributed by atoms with van der Waals surface area (Å²) >= 11 is 1.30. The van der Waals surface area contributed by atoms with E-state index in [4.69, 9.17) is 14.6 Å². The Morgan fingerprint density at radius 1 is 1.06 bits per heavy atom. The molecular formula is C26H22N2O5S. The van der Waals surface area contributed by atoms with Gasteiger partial charge in [-0.05, 0) is 65.9 Å². The van der Waals surface area contributed by atoms with Crippen LogP contribution in [-0.4, -0.2) is 41.2 Å². The van der Waals surface area contributed by atoms with E-state index in [1.807, 2.05) is 48.5 Å². The van der Waals surface area contributed by atoms with E-state index >= 15 is 0 Å². The lowest BCUT2D eigenvalue weighted by Crippen LogP contribution is -2.23. The average Bonchev–Trinajstić information content (AvgIpc) is 3.12. The van der Waals surface area contributed by atoms with Crippen LogP contribution in [0.5, 0.6) is 11.5 Å². The fourth-order valence-electron chi connectivity index (χ4n) is 3.20. The molecule has 1 N–H and O–H groups in total. The summed E-state index contributed by atoms with van der Waals surface area (Å²) in [5, 5.41) is 9.62. The van der Waals surface area contributed by atoms with Crippen molar-refractivity contribution in [3.05, 3.63) is 94.4 Å². The number of benzene rings is 3. The summed E-state index contributed by atoms with van der Waals surface area (Å²) in [6.07, 6.45) is 1.79. The number of para-hydroxylation sites is 1. The smallest absolute Gasteiger partial charge is 0.335 e. The second-order valence-corrected chi connectivity index (χ2v) is 8.40. The summed E-state index contributed by atoms with van der Waals surface area (Å²) in [5.41, 5.74) is 2.55. The zero-order valence-electron chi connectivity index (χ0n) is 18.6. The minimum Gasteiger partial charge on any atom is -0.497 e. The number of aromatic carboxylic acids is 1. The molecule has 0 aliphatic carbocycles. The molecule has 0 aromatic heterocycles. The van der Waals surface area contributed by atoms with Crippen molar-refractivity contribution in [3.8, 4) is 11.5 Å². The Morgan fingerprint density at radius 2 is 1.76 bits per heavy atom. The molecule has 1 heterocycles. The molecular weight excluding hydrogens is 452 g/mol. The molecule has 3 aromatic carbocycles. The Labute approximate surface area is 201 Å². The standard InChI is InChI=1S/C26H22N2O5S/c1-28-24(29)23(34-26(28)27-20-11-13-21(32-2)14-12-20)15-19-5-3-4-6-22(19)33-16-17-7-9-18(10-8-17)25(30)31/h3-15H,16H2,1-2H3,(H,30,31)/b23-15-,27-26?. The van der Waals surface area contributed by atoms with E-state index < -0.39 is 5.97 Å². The van der Waals surface area contributed by atoms with Gasteiger partial charge in [0.2, 0.25) is 0 Å². The van der Waals surface area contributed by atoms with Gasteiger partial charge in [0, 0.05) is 12.6 Å². The fraction of sp³-hybridized carbons (Fsp3) is 0.115. The number of thioether (sulfide) groups is 1. The molecule has 172 valence electrons. The summed E-state index contributed by atoms with van der Waals surface area (Å²) in [6.45, 7) is 0.269. The molecule has 1 amide bonds. The molecule has 8 heteroatoms. The Hall–Kier alpha value is -4.04. The van der Waals surface area contributed by atoms with Crippen molar-refractivity contribution < 1.29 is 24.2 Å². The van der Waals surface area contributed by atoms with Crippen LogP contribution < -0.4 is 9.47 Å². The molecule has 1 aliphatic rings. The Bertz CT molecular complexity index is 1270. The second-order valence-electron chi connectivity index (χ2n) is 7.40. The van der Waals surface area contributed by atoms with Gasteiger partial charge in [0.15, 0.2) is 5.17 Å². The molecule has 7 nitrogen and oxygen atoms in total. The van der Waals surface area contributed by atoms with Crippen LogP contribution in [0.25, 0.3) is 6.08 Å². The third-order valence-corrected chi connectivity index (χ3v) is 6.16. The quantitative estimate of drug-likeness (QED) is 0.473. The van der Waals surface area contributed by atoms with E-state index in [-0.39, 0.29) is 18.1 Å². The summed E-state index contributed by atoms with van der Waals surface area (Å²) in [7, 11) is 3.30. The Balaban J connectivity index is 1.51. The van der Waals surface area contributed by atoms with E-state index in [1.54, 1.807) is 44.5 Å². The monoisotopic (exact) mass is 474 g/mol. The van der Waals surface area contributed by atoms with Gasteiger partial charge in [-0.15, -0.1) is 0 Å². The van der Waals surface area contributed by atoms with E-state index in [1.165, 1.54) is 16.7 Å². The van der Waals surface area contributed by atoms with Crippen molar-refractivity contribution in [3.63, 3.8) is 0 Å². The molecule has 0 radical (unpaired) electrons. The highest BCUT2D eigenvalue weighted by atomic mass is 32.2. The summed E-state index contributed by atoms with van der Waals surface area (Å²) in [4.78, 5) is 30.5. The van der Waals surface area contributed by atoms with Gasteiger partial charge in [-0.25, -0.2) is 9.79 Å². The maximum absolute atomic E-state index is 12.8. The van der Waals surface area contributed by atoms with Crippen molar-refractivity contribution in [1.29, 1.82) is 0 Å². The summed E-state index contributed by atoms with van der Waals surface area (Å²) in [5.74, 6) is 0.246. The molecule has 1 saturated heterocycles. The first-order chi connectivity index (χ1) is 16.4. The highest BCUT2D eigenvalue weighted by molar-refractivity contribution is 8.18. The SMILES string of the molecule is COc1ccc(N=C2S/C(=C\c3ccccc3OCc3ccc(C(=O)O)cc3)C(=O)N2C)cc1. The van der Waals surface area contributed by atoms with Gasteiger partial charge < -0.3 is 14.6 Å². The first-order valence-electron chi connectivity index (χ1n) is 10.4. The minimum atomic E-state index is -0.969. The van der Waals surface area contributed by atoms with Gasteiger partial charge in [-0.2, -0.15) is 0 Å². The molecule has 1 aliphatic heterocycles. The number of nitrogens with zero attached hydrogens (tertiary/aromatic N) is 2. The number of rotatable bonds is 7. The number of carbonyl (C=O) groups excluding carboxylic acids is 1. The Morgan fingerprint density at radius 3 is 2.44 bits per heavy atom. The lowest BCUT2D eigenvalue weighted by molar-refractivity contribution is -0.121. The molecule has 3 aromatic rings. The van der Waals surface area contributed by atoms with Crippen LogP contribution in [0.15, 0.2) is 82.7 Å². The van der Waals surface area contributed by atoms with E-state index in [9.17, 15) is 9.59 Å². The van der Waals surface area contributed by atoms with Crippen molar-refractivity contribution in [2.45, 2.75) is 6.61 Å². The highest BCUT2D eigenvalue weighted by Crippen LogP contribution is 2.35. The van der Waals surface area contributed by atoms with Gasteiger partial charge in [0.25, 0.3) is 5.91 Å². The lowest BCUT2D eigenvalue weighted by atomic mass is 10.1. The van der Waals surface area contributed by atoms with Gasteiger partial charge >= 0.3 is 5.97 Å². The highest BCUT2D eigenvalue weighted by Gasteiger charge is 2.30. The van der Waals surface area contributed by atoms with Crippen molar-refractivity contribution in [1.82, 2.24) is 4.90 Å². The van der Waals surface area contributed by atoms with Gasteiger partial charge in [0.05, 0.1) is 23.3 Å². The first kappa shape index (κ1) is 23.1. The van der Waals surface area contributed by atoms with Crippen molar-refractivity contribution in [2.75, 3.05) is 14.2 Å². The third-order valence-electron chi connectivity index (χ3n) is 5.10. The normalized spacial score (nSPS) is 15.7. The number of amidine groups is 1. The van der Waals surface area contributed by atoms with Gasteiger partial charge in [-0.1, -0.05) is 30.3 Å². The largest absolute Gasteiger partial charge is 0.497 e. The number of hydrogen-bond acceptors (Lipinski definition) is 6. The Kier molecular flexibility index (Phi) is 6.98. The predicted octanol–water partition coefficient (Wildman–Crippen LogP) is 5.21. The number of methoxy groups -OCH3 is 1. The zero-order chi connectivity index (χ0) is 24.1. The van der Waals surface area contributed by atoms with Crippen LogP contribution in [0.1, 0.15) is 21.5 Å². The summed E-state index contributed by atoms with van der Waals surface area (Å²) < 4.78 is 11.1. The van der Waals surface area contributed by atoms with E-state index in [0.717, 1.165) is 22.6 Å². The van der Waals surface area contributed by atoms with Crippen molar-refractivity contribution >= 4 is 40.6 Å². The number of carbonyl (C=O) groups is 2. The third kappa shape index (κ3) is 5.29. The van der Waals surface area contributed by atoms with Crippen LogP contribution >= 0.6 is 11.8 Å². The van der Waals surface area contributed by atoms with Crippen LogP contribution in [0.2, 0.25) is 0 Å². The number of aliphatic imine (C=N–C) groups is 1. The number of carboxylic acid groups (broad SMARTS) is 1. The predicted molar refractivity (Wildman–Crippen MR) is 133 cm³/mol. The zero-order valence-corrected chi connectivity index (χ0v) is 19.4. The van der Waals surface area contributed by atoms with Crippen LogP contribution in [-0.2, 0) is 11.4 Å². The first-order valence-corrected chi connectivity index (χ1v) is 11.2. The van der Waals surface area contributed by atoms with Crippen LogP contribution in [0.4, 0.5) is 5.69 Å². The maximum Gasteiger partial charge on any atom is 0.335 e. The molecule has 4 rings (SSSR count). The fourth-order valence-corrected chi connectivity index (χ4v) is 4.17. The van der Waals surface area contributed by atoms with Gasteiger partial charge in [-0.3, -0.25) is 9.69 Å². The molecule has 1 fully saturated rings. The molecule has 0 spiro atoms. The number of carboxylic acids is 1. The number of hydrogen-bond donors (Lipinski definition) is 1. The number of ether oxygens (including phenoxy) is 2. The lowest BCUT2D eigenvalue weighted by Gasteiger charge is -2.10. The number of likely N-dealkylation sites (N-methyl/N-ethyl adjacent to an activating group) is 1. The number of amides is 1. The molecule has 0 bridgehead atoms. The van der Waals surface area contributed by atoms with Crippen LogP contribution in [0, 0.1) is 0 Å². The molecule has 0 unspecified atom stereocenters. The minimum absolute atomic E-state index is 0.142. The van der Waals surface area contributed by atoms with E-state index in [0.29, 0.717) is 15.8 Å². The molecule has 34 heavy (non-hydrogen) atoms. The second kappa shape index (κ2) is 10.3. The van der Waals surface area contributed by atoms with Crippen LogP contribution in [0.3, 0.4) is 0 Å². The van der Waals surface area contributed by atoms with Gasteiger partial charge in [0.1, 0.15) is 18.1 Å². The van der Waals surface area contributed by atoms with Crippen molar-refractivity contribution in [2.24, 2.45) is 4.99 Å². The molecule has 0 atom stereocenters.